The Hall–Kier alpha value is -4.12. The summed E-state index contributed by atoms with van der Waals surface area (Å²) >= 11 is 7.40. The summed E-state index contributed by atoms with van der Waals surface area (Å²) in [5.41, 5.74) is 1.04. The number of aliphatic imine (C=N–C) groups is 2. The maximum absolute atomic E-state index is 13.8. The summed E-state index contributed by atoms with van der Waals surface area (Å²) in [5.74, 6) is 0.342. The average molecular weight is 749 g/mol. The monoisotopic (exact) mass is 748 g/mol. The second kappa shape index (κ2) is 11.5. The lowest BCUT2D eigenvalue weighted by atomic mass is 10.1. The van der Waals surface area contributed by atoms with Crippen LogP contribution >= 0.6 is 11.5 Å². The van der Waals surface area contributed by atoms with Crippen molar-refractivity contribution in [1.29, 1.82) is 0 Å². The Morgan fingerprint density at radius 3 is 1.78 bits per heavy atom. The number of halogens is 1. The molecule has 50 heavy (non-hydrogen) atoms. The normalized spacial score (nSPS) is 15.1. The molecule has 0 unspecified atom stereocenters. The average Bonchev–Trinajstić information content (AvgIpc) is 3.69. The van der Waals surface area contributed by atoms with Gasteiger partial charge in [0.25, 0.3) is 0 Å². The van der Waals surface area contributed by atoms with Crippen LogP contribution in [0.2, 0.25) is 0 Å². The number of rotatable bonds is 9. The third-order valence-electron chi connectivity index (χ3n) is 9.08. The third-order valence-corrected chi connectivity index (χ3v) is 15.3. The van der Waals surface area contributed by atoms with Crippen LogP contribution in [-0.2, 0) is 29.5 Å². The molecule has 17 heteroatoms. The lowest BCUT2D eigenvalue weighted by Crippen LogP contribution is -2.45. The highest BCUT2D eigenvalue weighted by molar-refractivity contribution is 7.92. The molecule has 0 saturated carbocycles. The fourth-order valence-electron chi connectivity index (χ4n) is 7.11. The summed E-state index contributed by atoms with van der Waals surface area (Å²) in [6.45, 7) is 5.34. The molecule has 0 saturated heterocycles. The zero-order valence-corrected chi connectivity index (χ0v) is 30.5. The number of amidine groups is 2. The quantitative estimate of drug-likeness (QED) is 0.202. The second-order valence-electron chi connectivity index (χ2n) is 12.4. The van der Waals surface area contributed by atoms with Gasteiger partial charge in [0.05, 0.1) is 31.9 Å². The summed E-state index contributed by atoms with van der Waals surface area (Å²) in [6, 6.07) is 14.6. The lowest BCUT2D eigenvalue weighted by molar-refractivity contribution is 0.593. The van der Waals surface area contributed by atoms with Crippen molar-refractivity contribution in [2.24, 2.45) is 20.0 Å². The van der Waals surface area contributed by atoms with Crippen LogP contribution < -0.4 is 11.0 Å². The number of benzene rings is 3. The first-order valence-corrected chi connectivity index (χ1v) is 21.6. The number of aromatic nitrogens is 2. The van der Waals surface area contributed by atoms with Crippen molar-refractivity contribution in [2.45, 2.75) is 54.7 Å². The highest BCUT2D eigenvalue weighted by atomic mass is 35.5. The molecule has 0 spiro atoms. The molecule has 2 aromatic heterocycles. The topological polar surface area (TPSA) is 162 Å². The number of nitrogens with zero attached hydrogens (tertiary/aromatic N) is 6. The smallest absolute Gasteiger partial charge is 0.319 e. The van der Waals surface area contributed by atoms with E-state index < -0.39 is 35.9 Å². The molecule has 0 fully saturated rings. The molecule has 5 heterocycles. The summed E-state index contributed by atoms with van der Waals surface area (Å²) in [7, 11) is -11.4. The van der Waals surface area contributed by atoms with Crippen LogP contribution in [-0.4, -0.2) is 69.5 Å². The van der Waals surface area contributed by atoms with Crippen LogP contribution in [0.15, 0.2) is 89.3 Å². The van der Waals surface area contributed by atoms with E-state index in [0.717, 1.165) is 0 Å². The van der Waals surface area contributed by atoms with Crippen LogP contribution in [0.25, 0.3) is 21.5 Å². The minimum absolute atomic E-state index is 0.0224. The maximum Gasteiger partial charge on any atom is 0.499 e. The Morgan fingerprint density at radius 1 is 0.580 bits per heavy atom. The Bertz CT molecular complexity index is 2880. The fraction of sp³-hybridized carbons (Fsp3) is 0.273. The first kappa shape index (κ1) is 33.1. The highest BCUT2D eigenvalue weighted by Gasteiger charge is 2.39. The zero-order chi connectivity index (χ0) is 35.3. The lowest BCUT2D eigenvalue weighted by Gasteiger charge is -2.18. The van der Waals surface area contributed by atoms with E-state index >= 15 is 0 Å². The van der Waals surface area contributed by atoms with Gasteiger partial charge in [-0.3, -0.25) is 0 Å². The molecular weight excluding hydrogens is 719 g/mol. The van der Waals surface area contributed by atoms with Gasteiger partial charge in [-0.2, -0.15) is 0 Å². The molecule has 256 valence electrons. The van der Waals surface area contributed by atoms with Crippen molar-refractivity contribution in [1.82, 2.24) is 8.96 Å². The molecule has 12 nitrogen and oxygen atoms in total. The van der Waals surface area contributed by atoms with Crippen molar-refractivity contribution in [2.75, 3.05) is 17.3 Å². The zero-order valence-electron chi connectivity index (χ0n) is 27.3. The van der Waals surface area contributed by atoms with E-state index in [-0.39, 0.29) is 77.2 Å². The van der Waals surface area contributed by atoms with E-state index in [1.807, 2.05) is 0 Å². The summed E-state index contributed by atoms with van der Waals surface area (Å²) < 4.78 is 85.5. The molecule has 0 atom stereocenters. The van der Waals surface area contributed by atoms with Crippen molar-refractivity contribution < 1.29 is 25.3 Å². The molecule has 3 aliphatic heterocycles. The van der Waals surface area contributed by atoms with E-state index in [4.69, 9.17) is 31.4 Å². The first-order chi connectivity index (χ1) is 23.8. The minimum atomic E-state index is -3.83. The summed E-state index contributed by atoms with van der Waals surface area (Å²) in [5, 5.41) is 1.46. The number of hydrogen-bond donors (Lipinski definition) is 0. The summed E-state index contributed by atoms with van der Waals surface area (Å²) in [4.78, 5) is 19.9. The van der Waals surface area contributed by atoms with Crippen molar-refractivity contribution in [3.05, 3.63) is 76.7 Å². The van der Waals surface area contributed by atoms with Crippen molar-refractivity contribution >= 4 is 92.2 Å². The molecule has 3 aromatic carbocycles. The van der Waals surface area contributed by atoms with Crippen molar-refractivity contribution in [3.63, 3.8) is 0 Å². The number of fused-ring (bicyclic) bond motifs is 10. The van der Waals surface area contributed by atoms with Gasteiger partial charge in [-0.05, 0) is 37.5 Å². The van der Waals surface area contributed by atoms with E-state index in [0.29, 0.717) is 41.0 Å². The van der Waals surface area contributed by atoms with E-state index in [1.165, 1.54) is 18.2 Å². The Morgan fingerprint density at radius 2 is 1.14 bits per heavy atom. The van der Waals surface area contributed by atoms with Crippen LogP contribution in [0.3, 0.4) is 0 Å². The van der Waals surface area contributed by atoms with Crippen molar-refractivity contribution in [3.8, 4) is 0 Å². The molecule has 4 bridgehead atoms. The molecule has 8 rings (SSSR count). The van der Waals surface area contributed by atoms with E-state index in [9.17, 15) is 25.3 Å². The fourth-order valence-corrected chi connectivity index (χ4v) is 12.1. The molecule has 0 radical (unpaired) electrons. The van der Waals surface area contributed by atoms with Gasteiger partial charge in [0, 0.05) is 32.7 Å². The molecule has 0 N–H and O–H groups in total. The Kier molecular flexibility index (Phi) is 7.57. The predicted octanol–water partition coefficient (Wildman–Crippen LogP) is 4.50. The largest absolute Gasteiger partial charge is 0.499 e. The second-order valence-corrected chi connectivity index (χ2v) is 19.1. The van der Waals surface area contributed by atoms with Gasteiger partial charge in [-0.15, -0.1) is 11.5 Å². The molecule has 0 amide bonds. The van der Waals surface area contributed by atoms with Crippen LogP contribution in [0.5, 0.6) is 0 Å². The molecular formula is C33H30BClN6O6S3. The molecule has 3 aliphatic rings. The third kappa shape index (κ3) is 4.64. The highest BCUT2D eigenvalue weighted by Crippen LogP contribution is 2.44. The van der Waals surface area contributed by atoms with Gasteiger partial charge in [-0.25, -0.2) is 45.2 Å². The maximum atomic E-state index is 13.8. The number of hydrogen-bond acceptors (Lipinski definition) is 10. The van der Waals surface area contributed by atoms with Gasteiger partial charge in [0.2, 0.25) is 0 Å². The van der Waals surface area contributed by atoms with E-state index in [2.05, 4.69) is 0 Å². The molecule has 5 aromatic rings. The standard InChI is InChI=1S/C33H30BClN6O6S3/c1-4-16-48(42,43)22-13-7-10-19-25(22)29-36-28(19)37-30-20-11-8-15-24(50(46,47)18-6-3)27(20)33-39-31-21-12-9-14-23(49(44,45)17-5-2)26(21)32(38-29)41(31)34(35)40(30)33/h7-15H,4-6,16-18H2,1-3H3. The van der Waals surface area contributed by atoms with Crippen LogP contribution in [0, 0.1) is 0 Å². The van der Waals surface area contributed by atoms with Gasteiger partial charge < -0.3 is 8.96 Å². The van der Waals surface area contributed by atoms with Crippen LogP contribution in [0.4, 0.5) is 11.6 Å². The molecule has 0 aliphatic carbocycles. The van der Waals surface area contributed by atoms with Crippen LogP contribution in [0.1, 0.15) is 51.2 Å². The predicted molar refractivity (Wildman–Crippen MR) is 194 cm³/mol. The Labute approximate surface area is 293 Å². The number of sulfone groups is 3. The minimum Gasteiger partial charge on any atom is -0.319 e. The van der Waals surface area contributed by atoms with Gasteiger partial charge >= 0.3 is 6.40 Å². The van der Waals surface area contributed by atoms with E-state index in [1.54, 1.807) is 66.1 Å². The Balaban J connectivity index is 1.63. The SMILES string of the molecule is CCCS(=O)(=O)c1cccc2c1C1=NC2=Nc2c3cccc(S(=O)(=O)CCC)c3c3n2B(Cl)n2c(c4cccc(S(=O)(=O)CCC)c4c2=N1)=N3. The van der Waals surface area contributed by atoms with Gasteiger partial charge in [0.1, 0.15) is 22.6 Å². The van der Waals surface area contributed by atoms with Gasteiger partial charge in [0.15, 0.2) is 41.2 Å². The van der Waals surface area contributed by atoms with Gasteiger partial charge in [-0.1, -0.05) is 57.2 Å². The first-order valence-electron chi connectivity index (χ1n) is 16.2. The summed E-state index contributed by atoms with van der Waals surface area (Å²) in [6.07, 6.45) is 0.00986.